The van der Waals surface area contributed by atoms with E-state index in [4.69, 9.17) is 14.2 Å². The van der Waals surface area contributed by atoms with Gasteiger partial charge in [0.25, 0.3) is 0 Å². The maximum atomic E-state index is 9.94. The van der Waals surface area contributed by atoms with E-state index in [2.05, 4.69) is 29.8 Å². The summed E-state index contributed by atoms with van der Waals surface area (Å²) < 4.78 is 18.9. The van der Waals surface area contributed by atoms with Crippen LogP contribution in [0.5, 0.6) is 28.7 Å². The summed E-state index contributed by atoms with van der Waals surface area (Å²) in [7, 11) is 0. The first kappa shape index (κ1) is 24.0. The zero-order valence-corrected chi connectivity index (χ0v) is 20.6. The molecule has 0 saturated heterocycles. The zero-order chi connectivity index (χ0) is 22.9. The van der Waals surface area contributed by atoms with Gasteiger partial charge in [0.05, 0.1) is 17.7 Å². The van der Waals surface area contributed by atoms with Crippen molar-refractivity contribution in [2.45, 2.75) is 46.5 Å². The molecule has 0 fully saturated rings. The lowest BCUT2D eigenvalue weighted by Crippen LogP contribution is -2.07. The molecule has 0 aliphatic carbocycles. The highest BCUT2D eigenvalue weighted by molar-refractivity contribution is 9.10. The van der Waals surface area contributed by atoms with Gasteiger partial charge in [-0.2, -0.15) is 0 Å². The number of benzene rings is 3. The van der Waals surface area contributed by atoms with Crippen molar-refractivity contribution in [3.63, 3.8) is 0 Å². The minimum Gasteiger partial charge on any atom is -0.507 e. The first-order valence-electron chi connectivity index (χ1n) is 11.2. The predicted octanol–water partition coefficient (Wildman–Crippen LogP) is 7.62. The normalized spacial score (nSPS) is 10.8. The maximum absolute atomic E-state index is 9.94. The van der Waals surface area contributed by atoms with Crippen LogP contribution in [0.15, 0.2) is 59.1 Å². The molecule has 4 nitrogen and oxygen atoms in total. The molecule has 3 aromatic carbocycles. The summed E-state index contributed by atoms with van der Waals surface area (Å²) in [4.78, 5) is 0. The van der Waals surface area contributed by atoms with Crippen LogP contribution in [-0.2, 0) is 12.8 Å². The van der Waals surface area contributed by atoms with Gasteiger partial charge in [0.15, 0.2) is 0 Å². The van der Waals surface area contributed by atoms with E-state index in [0.717, 1.165) is 59.6 Å². The number of phenolic OH excluding ortho intramolecular Hbond substituents is 1. The molecule has 0 atom stereocenters. The third kappa shape index (κ3) is 6.19. The van der Waals surface area contributed by atoms with Crippen LogP contribution < -0.4 is 14.2 Å². The van der Waals surface area contributed by atoms with Crippen molar-refractivity contribution in [3.05, 3.63) is 75.8 Å². The number of hydrogen-bond donors (Lipinski definition) is 1. The van der Waals surface area contributed by atoms with Gasteiger partial charge in [0, 0.05) is 18.1 Å². The van der Waals surface area contributed by atoms with Gasteiger partial charge < -0.3 is 19.3 Å². The number of aryl methyl sites for hydroxylation is 2. The van der Waals surface area contributed by atoms with E-state index < -0.39 is 0 Å². The minimum atomic E-state index is 0.183. The average Bonchev–Trinajstić information content (AvgIpc) is 2.79. The molecule has 0 spiro atoms. The Morgan fingerprint density at radius 3 is 2.25 bits per heavy atom. The van der Waals surface area contributed by atoms with E-state index >= 15 is 0 Å². The molecule has 0 amide bonds. The third-order valence-electron chi connectivity index (χ3n) is 5.22. The van der Waals surface area contributed by atoms with Crippen LogP contribution in [0.25, 0.3) is 0 Å². The Morgan fingerprint density at radius 2 is 1.53 bits per heavy atom. The number of phenols is 1. The Balaban J connectivity index is 1.61. The van der Waals surface area contributed by atoms with Crippen LogP contribution in [0, 0.1) is 6.92 Å². The number of halogens is 1. The quantitative estimate of drug-likeness (QED) is 0.276. The molecule has 32 heavy (non-hydrogen) atoms. The van der Waals surface area contributed by atoms with Gasteiger partial charge in [-0.1, -0.05) is 44.5 Å². The van der Waals surface area contributed by atoms with Gasteiger partial charge >= 0.3 is 0 Å². The van der Waals surface area contributed by atoms with Crippen LogP contribution in [0.1, 0.15) is 43.4 Å². The van der Waals surface area contributed by atoms with E-state index in [1.54, 1.807) is 6.07 Å². The van der Waals surface area contributed by atoms with Gasteiger partial charge in [-0.05, 0) is 71.1 Å². The Hall–Kier alpha value is -2.66. The summed E-state index contributed by atoms with van der Waals surface area (Å²) in [5.41, 5.74) is 3.25. The van der Waals surface area contributed by atoms with Gasteiger partial charge in [-0.3, -0.25) is 0 Å². The van der Waals surface area contributed by atoms with E-state index in [0.29, 0.717) is 23.4 Å². The van der Waals surface area contributed by atoms with Crippen LogP contribution in [0.4, 0.5) is 0 Å². The predicted molar refractivity (Wildman–Crippen MR) is 132 cm³/mol. The van der Waals surface area contributed by atoms with Crippen LogP contribution in [-0.4, -0.2) is 18.3 Å². The fourth-order valence-corrected chi connectivity index (χ4v) is 3.87. The van der Waals surface area contributed by atoms with Crippen molar-refractivity contribution >= 4 is 15.9 Å². The number of ether oxygens (including phenoxy) is 3. The summed E-state index contributed by atoms with van der Waals surface area (Å²) in [5, 5.41) is 9.94. The molecular formula is C27H31BrO4. The molecule has 0 aromatic heterocycles. The summed E-state index contributed by atoms with van der Waals surface area (Å²) >= 11 is 3.35. The Morgan fingerprint density at radius 1 is 0.844 bits per heavy atom. The second-order valence-corrected chi connectivity index (χ2v) is 8.52. The van der Waals surface area contributed by atoms with E-state index in [1.807, 2.05) is 55.5 Å². The Labute approximate surface area is 199 Å². The van der Waals surface area contributed by atoms with Crippen LogP contribution in [0.3, 0.4) is 0 Å². The molecule has 3 aromatic rings. The first-order valence-corrected chi connectivity index (χ1v) is 11.9. The average molecular weight is 499 g/mol. The molecule has 0 aliphatic rings. The second-order valence-electron chi connectivity index (χ2n) is 7.67. The number of para-hydroxylation sites is 1. The fourth-order valence-electron chi connectivity index (χ4n) is 3.48. The largest absolute Gasteiger partial charge is 0.507 e. The van der Waals surface area contributed by atoms with Gasteiger partial charge in [0.2, 0.25) is 0 Å². The Bertz CT molecular complexity index is 1030. The lowest BCUT2D eigenvalue weighted by molar-refractivity contribution is 0.244. The van der Waals surface area contributed by atoms with Crippen molar-refractivity contribution in [1.82, 2.24) is 0 Å². The number of rotatable bonds is 11. The highest BCUT2D eigenvalue weighted by Gasteiger charge is 2.13. The number of aromatic hydroxyl groups is 1. The molecule has 1 N–H and O–H groups in total. The summed E-state index contributed by atoms with van der Waals surface area (Å²) in [6, 6.07) is 17.6. The standard InChI is InChI=1S/C27H31BrO4/c1-4-10-21-25(13-8-14-26(21)32-24-12-7-6-11-19(24)3)30-15-9-16-31-27-18-23(29)22(28)17-20(27)5-2/h6-8,11-14,17-18,29H,4-5,9-10,15-16H2,1-3H3. The van der Waals surface area contributed by atoms with Gasteiger partial charge in [0.1, 0.15) is 28.7 Å². The monoisotopic (exact) mass is 498 g/mol. The second kappa shape index (κ2) is 11.8. The molecule has 0 heterocycles. The lowest BCUT2D eigenvalue weighted by Gasteiger charge is -2.17. The summed E-state index contributed by atoms with van der Waals surface area (Å²) in [6.45, 7) is 7.31. The molecule has 0 unspecified atom stereocenters. The fraction of sp³-hybridized carbons (Fsp3) is 0.333. The summed E-state index contributed by atoms with van der Waals surface area (Å²) in [6.07, 6.45) is 3.44. The maximum Gasteiger partial charge on any atom is 0.134 e. The molecular weight excluding hydrogens is 468 g/mol. The molecule has 0 saturated carbocycles. The Kier molecular flexibility index (Phi) is 8.86. The topological polar surface area (TPSA) is 47.9 Å². The van der Waals surface area contributed by atoms with E-state index in [1.165, 1.54) is 0 Å². The number of hydrogen-bond acceptors (Lipinski definition) is 4. The van der Waals surface area contributed by atoms with Crippen LogP contribution in [0.2, 0.25) is 0 Å². The van der Waals surface area contributed by atoms with Crippen LogP contribution >= 0.6 is 15.9 Å². The molecule has 0 aliphatic heterocycles. The first-order chi connectivity index (χ1) is 15.5. The third-order valence-corrected chi connectivity index (χ3v) is 5.85. The smallest absolute Gasteiger partial charge is 0.134 e. The van der Waals surface area contributed by atoms with Crippen molar-refractivity contribution < 1.29 is 19.3 Å². The van der Waals surface area contributed by atoms with Crippen molar-refractivity contribution in [1.29, 1.82) is 0 Å². The molecule has 3 rings (SSSR count). The SMILES string of the molecule is CCCc1c(OCCCOc2cc(O)c(Br)cc2CC)cccc1Oc1ccccc1C. The minimum absolute atomic E-state index is 0.183. The molecule has 0 radical (unpaired) electrons. The highest BCUT2D eigenvalue weighted by Crippen LogP contribution is 2.35. The highest BCUT2D eigenvalue weighted by atomic mass is 79.9. The van der Waals surface area contributed by atoms with E-state index in [-0.39, 0.29) is 5.75 Å². The molecule has 170 valence electrons. The molecule has 5 heteroatoms. The van der Waals surface area contributed by atoms with Crippen molar-refractivity contribution in [3.8, 4) is 28.7 Å². The van der Waals surface area contributed by atoms with E-state index in [9.17, 15) is 5.11 Å². The lowest BCUT2D eigenvalue weighted by atomic mass is 10.1. The zero-order valence-electron chi connectivity index (χ0n) is 19.0. The van der Waals surface area contributed by atoms with Crippen molar-refractivity contribution in [2.75, 3.05) is 13.2 Å². The van der Waals surface area contributed by atoms with Crippen molar-refractivity contribution in [2.24, 2.45) is 0 Å². The van der Waals surface area contributed by atoms with Gasteiger partial charge in [-0.15, -0.1) is 0 Å². The summed E-state index contributed by atoms with van der Waals surface area (Å²) in [5.74, 6) is 3.46. The molecule has 0 bridgehead atoms. The van der Waals surface area contributed by atoms with Gasteiger partial charge in [-0.25, -0.2) is 0 Å².